The van der Waals surface area contributed by atoms with Gasteiger partial charge in [-0.2, -0.15) is 0 Å². The fourth-order valence-corrected chi connectivity index (χ4v) is 3.24. The normalized spacial score (nSPS) is 21.8. The number of H-pyrrole nitrogens is 1. The minimum Gasteiger partial charge on any atom is -0.595 e. The van der Waals surface area contributed by atoms with E-state index >= 15 is 0 Å². The van der Waals surface area contributed by atoms with Crippen molar-refractivity contribution in [2.45, 2.75) is 70.3 Å². The molecule has 1 fully saturated rings. The molecule has 0 radical (unpaired) electrons. The second-order valence-corrected chi connectivity index (χ2v) is 8.84. The van der Waals surface area contributed by atoms with Gasteiger partial charge in [-0.25, -0.2) is 4.79 Å². The predicted octanol–water partition coefficient (Wildman–Crippen LogP) is 1.32. The molecule has 3 unspecified atom stereocenters. The quantitative estimate of drug-likeness (QED) is 0.199. The highest BCUT2D eigenvalue weighted by Gasteiger charge is 2.36. The molecule has 0 bridgehead atoms. The van der Waals surface area contributed by atoms with Gasteiger partial charge < -0.3 is 19.3 Å². The summed E-state index contributed by atoms with van der Waals surface area (Å²) in [5.41, 5.74) is -1.41. The average Bonchev–Trinajstić information content (AvgIpc) is 3.05. The van der Waals surface area contributed by atoms with Crippen molar-refractivity contribution in [2.24, 2.45) is 4.99 Å². The second-order valence-electron chi connectivity index (χ2n) is 8.28. The van der Waals surface area contributed by atoms with Crippen molar-refractivity contribution in [3.05, 3.63) is 38.7 Å². The maximum absolute atomic E-state index is 12.2. The number of nitrogens with zero attached hydrogens (tertiary/aromatic N) is 2. The minimum absolute atomic E-state index is 0.0709. The Morgan fingerprint density at radius 1 is 1.44 bits per heavy atom. The maximum atomic E-state index is 12.2. The molecule has 1 saturated heterocycles. The molecule has 0 amide bonds. The zero-order valence-electron chi connectivity index (χ0n) is 18.6. The first-order chi connectivity index (χ1) is 15.0. The topological polar surface area (TPSA) is 135 Å². The monoisotopic (exact) mass is 470 g/mol. The average molecular weight is 471 g/mol. The Balaban J connectivity index is 1.84. The Morgan fingerprint density at radius 2 is 2.16 bits per heavy atom. The zero-order chi connectivity index (χ0) is 23.9. The number of rotatable bonds is 8. The lowest BCUT2D eigenvalue weighted by molar-refractivity contribution is -0.260. The van der Waals surface area contributed by atoms with E-state index in [1.807, 2.05) is 0 Å². The Labute approximate surface area is 190 Å². The lowest BCUT2D eigenvalue weighted by Gasteiger charge is -2.29. The van der Waals surface area contributed by atoms with E-state index in [1.165, 1.54) is 10.8 Å². The van der Waals surface area contributed by atoms with Crippen LogP contribution in [0.3, 0.4) is 0 Å². The molecule has 10 nitrogen and oxygen atoms in total. The molecule has 1 N–H and O–H groups in total. The van der Waals surface area contributed by atoms with Crippen molar-refractivity contribution in [2.75, 3.05) is 13.2 Å². The van der Waals surface area contributed by atoms with Gasteiger partial charge >= 0.3 is 11.7 Å². The van der Waals surface area contributed by atoms with E-state index in [0.29, 0.717) is 18.4 Å². The van der Waals surface area contributed by atoms with Gasteiger partial charge in [-0.1, -0.05) is 32.9 Å². The highest BCUT2D eigenvalue weighted by molar-refractivity contribution is 6.21. The number of esters is 1. The van der Waals surface area contributed by atoms with Crippen molar-refractivity contribution in [3.63, 3.8) is 0 Å². The molecule has 11 heteroatoms. The van der Waals surface area contributed by atoms with Gasteiger partial charge in [-0.15, -0.1) is 11.6 Å². The van der Waals surface area contributed by atoms with Crippen LogP contribution in [0.25, 0.3) is 6.08 Å². The third-order valence-corrected chi connectivity index (χ3v) is 4.86. The van der Waals surface area contributed by atoms with Gasteiger partial charge in [-0.05, 0) is 13.3 Å². The molecule has 1 aromatic rings. The van der Waals surface area contributed by atoms with Crippen molar-refractivity contribution in [1.82, 2.24) is 9.55 Å². The van der Waals surface area contributed by atoms with Crippen molar-refractivity contribution < 1.29 is 24.1 Å². The molecule has 1 aliphatic heterocycles. The van der Waals surface area contributed by atoms with Crippen LogP contribution in [0, 0.1) is 0 Å². The first-order valence-corrected chi connectivity index (χ1v) is 10.8. The summed E-state index contributed by atoms with van der Waals surface area (Å²) in [7, 11) is 0. The summed E-state index contributed by atoms with van der Waals surface area (Å²) in [5, 5.41) is 11.0. The van der Waals surface area contributed by atoms with Gasteiger partial charge in [-0.3, -0.25) is 24.1 Å². The smallest absolute Gasteiger partial charge is 0.330 e. The van der Waals surface area contributed by atoms with E-state index in [-0.39, 0.29) is 19.6 Å². The summed E-state index contributed by atoms with van der Waals surface area (Å²) in [6.45, 7) is 7.05. The number of hydrogen-bond donors (Lipinski definition) is 1. The number of carbonyl (C=O) groups is 1. The summed E-state index contributed by atoms with van der Waals surface area (Å²) in [4.78, 5) is 41.9. The van der Waals surface area contributed by atoms with E-state index < -0.39 is 46.6 Å². The van der Waals surface area contributed by atoms with Gasteiger partial charge in [0.1, 0.15) is 25.0 Å². The minimum atomic E-state index is -0.692. The lowest BCUT2D eigenvalue weighted by atomic mass is 10.2. The van der Waals surface area contributed by atoms with Gasteiger partial charge in [0.25, 0.3) is 5.56 Å². The number of halogens is 1. The van der Waals surface area contributed by atoms with Crippen LogP contribution < -0.4 is 16.4 Å². The Morgan fingerprint density at radius 3 is 2.81 bits per heavy atom. The van der Waals surface area contributed by atoms with Crippen LogP contribution in [0.4, 0.5) is 0 Å². The van der Waals surface area contributed by atoms with Crippen LogP contribution in [-0.4, -0.2) is 51.8 Å². The second kappa shape index (κ2) is 11.3. The molecule has 0 spiro atoms. The van der Waals surface area contributed by atoms with E-state index in [4.69, 9.17) is 25.8 Å². The van der Waals surface area contributed by atoms with Gasteiger partial charge in [0, 0.05) is 31.2 Å². The molecule has 0 saturated carbocycles. The first kappa shape index (κ1) is 25.7. The summed E-state index contributed by atoms with van der Waals surface area (Å²) >= 11 is 6.32. The highest BCUT2D eigenvalue weighted by atomic mass is 35.5. The van der Waals surface area contributed by atoms with E-state index in [9.17, 15) is 19.5 Å². The lowest BCUT2D eigenvalue weighted by Crippen LogP contribution is -2.33. The van der Waals surface area contributed by atoms with Crippen LogP contribution >= 0.6 is 11.6 Å². The molecule has 0 aromatic carbocycles. The molecular formula is C21H29ClN3O7-. The summed E-state index contributed by atoms with van der Waals surface area (Å²) < 4.78 is 17.3. The predicted molar refractivity (Wildman–Crippen MR) is 118 cm³/mol. The molecule has 32 heavy (non-hydrogen) atoms. The largest absolute Gasteiger partial charge is 0.595 e. The van der Waals surface area contributed by atoms with Crippen LogP contribution in [0.2, 0.25) is 0 Å². The molecule has 0 aliphatic carbocycles. The standard InChI is InChI=1S/C21H30ClN3O7/c1-5-7-13-11-25(19(28)24-18(13)27)16-10-14(22)15(31-16)12-30-17(26)8-6-9-23-20(29)32-21(2,3)4/h5,7,11,14-16H,6,8-10,12H2,1-4H3,(H,23,29)(H,24,27,28)/p-1/b7-5+. The number of aromatic nitrogens is 2. The third-order valence-electron chi connectivity index (χ3n) is 4.40. The van der Waals surface area contributed by atoms with Gasteiger partial charge in [0.2, 0.25) is 0 Å². The molecule has 1 aliphatic rings. The fraction of sp³-hybridized carbons (Fsp3) is 0.619. The number of aliphatic imine (C=N–C) groups is 1. The van der Waals surface area contributed by atoms with Crippen molar-refractivity contribution in [1.29, 1.82) is 0 Å². The number of ether oxygens (including phenoxy) is 3. The molecule has 2 rings (SSSR count). The van der Waals surface area contributed by atoms with Crippen molar-refractivity contribution in [3.8, 4) is 0 Å². The first-order valence-electron chi connectivity index (χ1n) is 10.3. The molecule has 1 aromatic heterocycles. The SMILES string of the molecule is C/C=C/c1cn(C2CC(Cl)C(COC(=O)CCCN=C([O-])OC(C)(C)C)O2)c(=O)[nH]c1=O. The Kier molecular flexibility index (Phi) is 9.09. The molecule has 2 heterocycles. The van der Waals surface area contributed by atoms with E-state index in [0.717, 1.165) is 0 Å². The highest BCUT2D eigenvalue weighted by Crippen LogP contribution is 2.31. The number of aromatic amines is 1. The number of hydrogen-bond acceptors (Lipinski definition) is 8. The van der Waals surface area contributed by atoms with Gasteiger partial charge in [0.05, 0.1) is 10.9 Å². The van der Waals surface area contributed by atoms with Crippen LogP contribution in [0.15, 0.2) is 26.9 Å². The molecule has 178 valence electrons. The van der Waals surface area contributed by atoms with Crippen LogP contribution in [0.5, 0.6) is 0 Å². The Bertz CT molecular complexity index is 961. The Hall–Kier alpha value is -2.59. The summed E-state index contributed by atoms with van der Waals surface area (Å²) in [6, 6.07) is 0. The van der Waals surface area contributed by atoms with Crippen molar-refractivity contribution >= 4 is 29.7 Å². The third kappa shape index (κ3) is 7.83. The number of alkyl halides is 1. The van der Waals surface area contributed by atoms with Crippen LogP contribution in [-0.2, 0) is 19.0 Å². The van der Waals surface area contributed by atoms with E-state index in [1.54, 1.807) is 39.8 Å². The fourth-order valence-electron chi connectivity index (χ4n) is 2.96. The zero-order valence-corrected chi connectivity index (χ0v) is 19.4. The maximum Gasteiger partial charge on any atom is 0.330 e. The van der Waals surface area contributed by atoms with E-state index in [2.05, 4.69) is 9.98 Å². The molecular weight excluding hydrogens is 442 g/mol. The van der Waals surface area contributed by atoms with Gasteiger partial charge in [0.15, 0.2) is 0 Å². The molecule has 3 atom stereocenters. The number of allylic oxidation sites excluding steroid dienone is 1. The van der Waals surface area contributed by atoms with Crippen LogP contribution in [0.1, 0.15) is 58.7 Å². The number of carbonyl (C=O) groups excluding carboxylic acids is 1. The summed E-state index contributed by atoms with van der Waals surface area (Å²) in [5.74, 6) is -0.475. The summed E-state index contributed by atoms with van der Waals surface area (Å²) in [6.07, 6.45) is 3.41. The number of nitrogens with one attached hydrogen (secondary N) is 1.